The number of carbonyl (C=O) groups excluding carboxylic acids is 1. The van der Waals surface area contributed by atoms with E-state index >= 15 is 0 Å². The van der Waals surface area contributed by atoms with Gasteiger partial charge in [0.1, 0.15) is 12.2 Å². The third-order valence-electron chi connectivity index (χ3n) is 2.56. The van der Waals surface area contributed by atoms with Crippen molar-refractivity contribution in [2.45, 2.75) is 19.6 Å². The molecule has 20 heavy (non-hydrogen) atoms. The van der Waals surface area contributed by atoms with Gasteiger partial charge in [-0.15, -0.1) is 0 Å². The molecule has 0 fully saturated rings. The number of hydrogen-bond donors (Lipinski definition) is 1. The van der Waals surface area contributed by atoms with Gasteiger partial charge in [-0.2, -0.15) is 18.3 Å². The number of nitrogens with one attached hydrogen (secondary N) is 2. The minimum Gasteiger partial charge on any atom is -0.319 e. The van der Waals surface area contributed by atoms with Crippen molar-refractivity contribution in [3.63, 3.8) is 0 Å². The molecule has 2 heterocycles. The first-order valence-electron chi connectivity index (χ1n) is 5.74. The number of amides is 1. The first kappa shape index (κ1) is 14.0. The lowest BCUT2D eigenvalue weighted by Gasteiger charge is -2.05. The molecule has 0 saturated carbocycles. The minimum absolute atomic E-state index is 0.270. The summed E-state index contributed by atoms with van der Waals surface area (Å²) in [5.41, 5.74) is -0.207. The van der Waals surface area contributed by atoms with Crippen LogP contribution in [0, 0.1) is 6.92 Å². The number of hydrogen-bond acceptors (Lipinski definition) is 2. The molecule has 5 nitrogen and oxygen atoms in total. The van der Waals surface area contributed by atoms with Gasteiger partial charge in [-0.3, -0.25) is 9.48 Å². The van der Waals surface area contributed by atoms with Crippen LogP contribution in [0.25, 0.3) is 0 Å². The van der Waals surface area contributed by atoms with Gasteiger partial charge in [-0.05, 0) is 19.1 Å². The number of pyridine rings is 1. The fourth-order valence-electron chi connectivity index (χ4n) is 1.62. The predicted octanol–water partition coefficient (Wildman–Crippen LogP) is 1.66. The Morgan fingerprint density at radius 3 is 2.80 bits per heavy atom. The fraction of sp³-hybridized carbons (Fsp3) is 0.250. The van der Waals surface area contributed by atoms with Gasteiger partial charge < -0.3 is 5.32 Å². The van der Waals surface area contributed by atoms with Gasteiger partial charge in [0, 0.05) is 11.8 Å². The maximum Gasteiger partial charge on any atom is 0.435 e. The molecule has 2 aromatic rings. The zero-order chi connectivity index (χ0) is 14.8. The van der Waals surface area contributed by atoms with E-state index in [2.05, 4.69) is 15.4 Å². The number of anilines is 1. The standard InChI is InChI=1S/C12H11F3N4O/c1-8-5-10(12(13,14)15)18-19(8)7-11(20)17-9-3-2-4-16-6-9/h2-6H,7H2,1H3,(H,17,20)/p+1. The van der Waals surface area contributed by atoms with Gasteiger partial charge in [0.15, 0.2) is 18.1 Å². The van der Waals surface area contributed by atoms with E-state index in [1.807, 2.05) is 0 Å². The molecular formula is C12H12F3N4O+. The molecule has 8 heteroatoms. The number of rotatable bonds is 3. The van der Waals surface area contributed by atoms with Crippen LogP contribution in [0.3, 0.4) is 0 Å². The van der Waals surface area contributed by atoms with Crippen LogP contribution in [-0.4, -0.2) is 15.7 Å². The molecule has 0 unspecified atom stereocenters. The second kappa shape index (κ2) is 5.32. The van der Waals surface area contributed by atoms with Gasteiger partial charge in [0.05, 0.1) is 0 Å². The Bertz CT molecular complexity index is 607. The SMILES string of the molecule is Cc1cc(C(F)(F)F)nn1CC(=O)Nc1ccc[nH+]c1. The van der Waals surface area contributed by atoms with Crippen molar-refractivity contribution >= 4 is 11.6 Å². The number of alkyl halides is 3. The quantitative estimate of drug-likeness (QED) is 0.932. The monoisotopic (exact) mass is 285 g/mol. The number of carbonyl (C=O) groups is 1. The van der Waals surface area contributed by atoms with Crippen LogP contribution in [0.5, 0.6) is 0 Å². The molecule has 2 rings (SSSR count). The summed E-state index contributed by atoms with van der Waals surface area (Å²) >= 11 is 0. The first-order chi connectivity index (χ1) is 9.36. The summed E-state index contributed by atoms with van der Waals surface area (Å²) in [6.45, 7) is 1.18. The molecule has 2 N–H and O–H groups in total. The van der Waals surface area contributed by atoms with Crippen LogP contribution < -0.4 is 10.3 Å². The molecule has 0 bridgehead atoms. The van der Waals surface area contributed by atoms with Crippen LogP contribution in [0.2, 0.25) is 0 Å². The summed E-state index contributed by atoms with van der Waals surface area (Å²) in [6.07, 6.45) is -1.28. The van der Waals surface area contributed by atoms with Crippen LogP contribution in [-0.2, 0) is 17.5 Å². The molecular weight excluding hydrogens is 273 g/mol. The minimum atomic E-state index is -4.51. The van der Waals surface area contributed by atoms with Crippen LogP contribution in [0.4, 0.5) is 18.9 Å². The zero-order valence-electron chi connectivity index (χ0n) is 10.5. The van der Waals surface area contributed by atoms with E-state index in [1.54, 1.807) is 24.5 Å². The van der Waals surface area contributed by atoms with Gasteiger partial charge in [0.25, 0.3) is 0 Å². The van der Waals surface area contributed by atoms with Crippen molar-refractivity contribution < 1.29 is 22.9 Å². The highest BCUT2D eigenvalue weighted by Gasteiger charge is 2.34. The number of H-pyrrole nitrogens is 1. The summed E-state index contributed by atoms with van der Waals surface area (Å²) in [7, 11) is 0. The van der Waals surface area contributed by atoms with Crippen LogP contribution in [0.15, 0.2) is 30.6 Å². The molecule has 0 aliphatic heterocycles. The summed E-state index contributed by atoms with van der Waals surface area (Å²) in [5.74, 6) is -0.454. The Kier molecular flexibility index (Phi) is 3.73. The maximum atomic E-state index is 12.5. The molecule has 0 aliphatic carbocycles. The van der Waals surface area contributed by atoms with Crippen molar-refractivity contribution in [2.24, 2.45) is 0 Å². The summed E-state index contributed by atoms with van der Waals surface area (Å²) in [6, 6.07) is 4.26. The van der Waals surface area contributed by atoms with E-state index < -0.39 is 17.8 Å². The maximum absolute atomic E-state index is 12.5. The Morgan fingerprint density at radius 1 is 1.50 bits per heavy atom. The van der Waals surface area contributed by atoms with Crippen LogP contribution >= 0.6 is 0 Å². The lowest BCUT2D eigenvalue weighted by atomic mass is 10.3. The number of aromatic nitrogens is 3. The molecule has 1 amide bonds. The molecule has 0 radical (unpaired) electrons. The Morgan fingerprint density at radius 2 is 2.25 bits per heavy atom. The van der Waals surface area contributed by atoms with E-state index in [9.17, 15) is 18.0 Å². The molecule has 0 aliphatic rings. The lowest BCUT2D eigenvalue weighted by molar-refractivity contribution is -0.377. The van der Waals surface area contributed by atoms with Gasteiger partial charge in [-0.25, -0.2) is 4.98 Å². The normalized spacial score (nSPS) is 11.4. The highest BCUT2D eigenvalue weighted by Crippen LogP contribution is 2.28. The average Bonchev–Trinajstić information content (AvgIpc) is 2.72. The second-order valence-electron chi connectivity index (χ2n) is 4.17. The second-order valence-corrected chi connectivity index (χ2v) is 4.17. The number of aryl methyl sites for hydroxylation is 1. The average molecular weight is 285 g/mol. The fourth-order valence-corrected chi connectivity index (χ4v) is 1.62. The highest BCUT2D eigenvalue weighted by molar-refractivity contribution is 5.90. The van der Waals surface area contributed by atoms with Crippen molar-refractivity contribution in [3.05, 3.63) is 42.0 Å². The summed E-state index contributed by atoms with van der Waals surface area (Å²) in [4.78, 5) is 14.5. The van der Waals surface area contributed by atoms with Crippen LogP contribution in [0.1, 0.15) is 11.4 Å². The first-order valence-corrected chi connectivity index (χ1v) is 5.74. The molecule has 0 atom stereocenters. The van der Waals surface area contributed by atoms with Crippen molar-refractivity contribution in [1.29, 1.82) is 0 Å². The predicted molar refractivity (Wildman–Crippen MR) is 63.6 cm³/mol. The molecule has 0 spiro atoms. The highest BCUT2D eigenvalue weighted by atomic mass is 19.4. The van der Waals surface area contributed by atoms with Crippen molar-refractivity contribution in [3.8, 4) is 0 Å². The lowest BCUT2D eigenvalue weighted by Crippen LogP contribution is -2.21. The third-order valence-corrected chi connectivity index (χ3v) is 2.56. The smallest absolute Gasteiger partial charge is 0.319 e. The topological polar surface area (TPSA) is 61.1 Å². The zero-order valence-corrected chi connectivity index (χ0v) is 10.5. The molecule has 0 saturated heterocycles. The van der Waals surface area contributed by atoms with Crippen molar-refractivity contribution in [2.75, 3.05) is 5.32 Å². The number of aromatic amines is 1. The molecule has 0 aromatic carbocycles. The summed E-state index contributed by atoms with van der Waals surface area (Å²) < 4.78 is 38.5. The van der Waals surface area contributed by atoms with E-state index in [1.165, 1.54) is 6.92 Å². The Hall–Kier alpha value is -2.38. The summed E-state index contributed by atoms with van der Waals surface area (Å²) in [5, 5.41) is 5.94. The van der Waals surface area contributed by atoms with E-state index in [0.717, 1.165) is 10.7 Å². The van der Waals surface area contributed by atoms with E-state index in [-0.39, 0.29) is 12.2 Å². The number of nitrogens with zero attached hydrogens (tertiary/aromatic N) is 2. The Labute approximate surface area is 112 Å². The Balaban J connectivity index is 2.07. The third kappa shape index (κ3) is 3.34. The van der Waals surface area contributed by atoms with E-state index in [0.29, 0.717) is 5.69 Å². The van der Waals surface area contributed by atoms with Gasteiger partial charge in [0.2, 0.25) is 5.91 Å². The van der Waals surface area contributed by atoms with Gasteiger partial charge in [-0.1, -0.05) is 0 Å². The molecule has 2 aromatic heterocycles. The van der Waals surface area contributed by atoms with Crippen molar-refractivity contribution in [1.82, 2.24) is 9.78 Å². The largest absolute Gasteiger partial charge is 0.435 e. The number of halogens is 3. The van der Waals surface area contributed by atoms with Gasteiger partial charge >= 0.3 is 6.18 Å². The molecule has 106 valence electrons. The van der Waals surface area contributed by atoms with E-state index in [4.69, 9.17) is 0 Å².